The molecule has 0 aliphatic heterocycles. The number of methoxy groups -OCH3 is 1. The van der Waals surface area contributed by atoms with Gasteiger partial charge in [-0.15, -0.1) is 0 Å². The van der Waals surface area contributed by atoms with Crippen LogP contribution in [0.15, 0.2) is 72.1 Å². The van der Waals surface area contributed by atoms with Gasteiger partial charge in [-0.2, -0.15) is 5.10 Å². The number of hydrogen-bond donors (Lipinski definition) is 1. The third-order valence-corrected chi connectivity index (χ3v) is 3.88. The molecule has 0 radical (unpaired) electrons. The van der Waals surface area contributed by atoms with E-state index in [2.05, 4.69) is 10.5 Å². The molecule has 1 aromatic heterocycles. The van der Waals surface area contributed by atoms with Crippen LogP contribution in [0.5, 0.6) is 5.75 Å². The minimum absolute atomic E-state index is 0.292. The molecule has 0 bridgehead atoms. The normalized spacial score (nSPS) is 10.8. The molecule has 3 aromatic rings. The van der Waals surface area contributed by atoms with Crippen LogP contribution < -0.4 is 10.2 Å². The van der Waals surface area contributed by atoms with Crippen molar-refractivity contribution in [2.24, 2.45) is 5.10 Å². The lowest BCUT2D eigenvalue weighted by Crippen LogP contribution is -2.19. The van der Waals surface area contributed by atoms with E-state index in [1.54, 1.807) is 31.4 Å². The van der Waals surface area contributed by atoms with E-state index >= 15 is 0 Å². The van der Waals surface area contributed by atoms with Gasteiger partial charge in [0.15, 0.2) is 0 Å². The van der Waals surface area contributed by atoms with Gasteiger partial charge in [-0.1, -0.05) is 23.7 Å². The second kappa shape index (κ2) is 7.68. The van der Waals surface area contributed by atoms with E-state index < -0.39 is 0 Å². The molecule has 3 rings (SSSR count). The fraction of sp³-hybridized carbons (Fsp3) is 0.0526. The maximum absolute atomic E-state index is 12.4. The lowest BCUT2D eigenvalue weighted by atomic mass is 10.1. The van der Waals surface area contributed by atoms with Gasteiger partial charge >= 0.3 is 0 Å². The Hall–Kier alpha value is -3.05. The highest BCUT2D eigenvalue weighted by atomic mass is 35.5. The van der Waals surface area contributed by atoms with E-state index in [1.807, 2.05) is 47.3 Å². The van der Waals surface area contributed by atoms with E-state index in [9.17, 15) is 4.79 Å². The van der Waals surface area contributed by atoms with E-state index in [4.69, 9.17) is 16.3 Å². The smallest absolute Gasteiger partial charge is 0.273 e. The number of carbonyl (C=O) groups excluding carboxylic acids is 1. The SMILES string of the molecule is COc1ccc(/C=N/NC(=O)c2ccccc2-n2cccc2)cc1Cl. The monoisotopic (exact) mass is 353 g/mol. The highest BCUT2D eigenvalue weighted by Crippen LogP contribution is 2.24. The van der Waals surface area contributed by atoms with Gasteiger partial charge in [0.25, 0.3) is 5.91 Å². The molecule has 0 atom stereocenters. The fourth-order valence-electron chi connectivity index (χ4n) is 2.37. The van der Waals surface area contributed by atoms with Crippen LogP contribution >= 0.6 is 11.6 Å². The van der Waals surface area contributed by atoms with Crippen LogP contribution in [0.3, 0.4) is 0 Å². The fourth-order valence-corrected chi connectivity index (χ4v) is 2.64. The highest BCUT2D eigenvalue weighted by molar-refractivity contribution is 6.32. The number of nitrogens with zero attached hydrogens (tertiary/aromatic N) is 2. The zero-order valence-corrected chi connectivity index (χ0v) is 14.3. The van der Waals surface area contributed by atoms with Crippen molar-refractivity contribution in [2.75, 3.05) is 7.11 Å². The summed E-state index contributed by atoms with van der Waals surface area (Å²) in [5.74, 6) is 0.295. The Bertz CT molecular complexity index is 905. The molecule has 1 N–H and O–H groups in total. The van der Waals surface area contributed by atoms with Gasteiger partial charge in [-0.05, 0) is 48.0 Å². The van der Waals surface area contributed by atoms with Crippen LogP contribution in [-0.4, -0.2) is 23.8 Å². The molecule has 1 amide bonds. The predicted octanol–water partition coefficient (Wildman–Crippen LogP) is 3.90. The first-order chi connectivity index (χ1) is 12.2. The minimum Gasteiger partial charge on any atom is -0.495 e. The first kappa shape index (κ1) is 16.8. The van der Waals surface area contributed by atoms with Crippen molar-refractivity contribution < 1.29 is 9.53 Å². The summed E-state index contributed by atoms with van der Waals surface area (Å²) in [6.07, 6.45) is 5.30. The number of nitrogens with one attached hydrogen (secondary N) is 1. The Morgan fingerprint density at radius 2 is 1.92 bits per heavy atom. The van der Waals surface area contributed by atoms with E-state index in [0.717, 1.165) is 11.3 Å². The Labute approximate surface area is 150 Å². The molecule has 1 heterocycles. The first-order valence-corrected chi connectivity index (χ1v) is 7.96. The number of benzene rings is 2. The molecular weight excluding hydrogens is 338 g/mol. The number of hydrogen-bond acceptors (Lipinski definition) is 3. The van der Waals surface area contributed by atoms with Crippen LogP contribution in [0.4, 0.5) is 0 Å². The van der Waals surface area contributed by atoms with Gasteiger partial charge in [0.2, 0.25) is 0 Å². The van der Waals surface area contributed by atoms with Gasteiger partial charge in [-0.3, -0.25) is 4.79 Å². The topological polar surface area (TPSA) is 55.6 Å². The number of halogens is 1. The summed E-state index contributed by atoms with van der Waals surface area (Å²) < 4.78 is 6.98. The Kier molecular flexibility index (Phi) is 5.16. The summed E-state index contributed by atoms with van der Waals surface area (Å²) in [5.41, 5.74) is 4.61. The molecule has 0 spiro atoms. The van der Waals surface area contributed by atoms with E-state index in [0.29, 0.717) is 16.3 Å². The van der Waals surface area contributed by atoms with Gasteiger partial charge in [0, 0.05) is 12.4 Å². The van der Waals surface area contributed by atoms with Gasteiger partial charge in [0.1, 0.15) is 5.75 Å². The van der Waals surface area contributed by atoms with Crippen LogP contribution in [-0.2, 0) is 0 Å². The van der Waals surface area contributed by atoms with Crippen LogP contribution in [0, 0.1) is 0 Å². The summed E-state index contributed by atoms with van der Waals surface area (Å²) in [6, 6.07) is 16.4. The van der Waals surface area contributed by atoms with Crippen LogP contribution in [0.1, 0.15) is 15.9 Å². The molecule has 0 fully saturated rings. The lowest BCUT2D eigenvalue weighted by molar-refractivity contribution is 0.0955. The van der Waals surface area contributed by atoms with E-state index in [1.165, 1.54) is 6.21 Å². The quantitative estimate of drug-likeness (QED) is 0.558. The van der Waals surface area contributed by atoms with Gasteiger partial charge in [0.05, 0.1) is 29.6 Å². The summed E-state index contributed by atoms with van der Waals surface area (Å²) in [6.45, 7) is 0. The van der Waals surface area contributed by atoms with Crippen molar-refractivity contribution in [3.8, 4) is 11.4 Å². The van der Waals surface area contributed by atoms with Crippen molar-refractivity contribution in [1.82, 2.24) is 9.99 Å². The number of hydrazone groups is 1. The number of aromatic nitrogens is 1. The van der Waals surface area contributed by atoms with E-state index in [-0.39, 0.29) is 5.91 Å². The average molecular weight is 354 g/mol. The molecule has 126 valence electrons. The molecule has 5 nitrogen and oxygen atoms in total. The second-order valence-electron chi connectivity index (χ2n) is 5.20. The minimum atomic E-state index is -0.292. The van der Waals surface area contributed by atoms with Crippen molar-refractivity contribution in [3.05, 3.63) is 83.1 Å². The molecule has 0 saturated carbocycles. The molecule has 0 unspecified atom stereocenters. The van der Waals surface area contributed by atoms with Gasteiger partial charge in [-0.25, -0.2) is 5.43 Å². The summed E-state index contributed by atoms with van der Waals surface area (Å²) in [4.78, 5) is 12.4. The molecule has 6 heteroatoms. The zero-order chi connectivity index (χ0) is 17.6. The Morgan fingerprint density at radius 1 is 1.16 bits per heavy atom. The lowest BCUT2D eigenvalue weighted by Gasteiger charge is -2.09. The van der Waals surface area contributed by atoms with Crippen molar-refractivity contribution in [1.29, 1.82) is 0 Å². The number of rotatable bonds is 5. The number of carbonyl (C=O) groups is 1. The second-order valence-corrected chi connectivity index (χ2v) is 5.61. The third kappa shape index (κ3) is 3.89. The summed E-state index contributed by atoms with van der Waals surface area (Å²) in [7, 11) is 1.55. The first-order valence-electron chi connectivity index (χ1n) is 7.58. The predicted molar refractivity (Wildman–Crippen MR) is 98.8 cm³/mol. The average Bonchev–Trinajstić information content (AvgIpc) is 3.16. The molecule has 0 aliphatic rings. The number of para-hydroxylation sites is 1. The number of amides is 1. The van der Waals surface area contributed by atoms with Crippen LogP contribution in [0.25, 0.3) is 5.69 Å². The van der Waals surface area contributed by atoms with Gasteiger partial charge < -0.3 is 9.30 Å². The highest BCUT2D eigenvalue weighted by Gasteiger charge is 2.11. The Balaban J connectivity index is 1.74. The van der Waals surface area contributed by atoms with Crippen molar-refractivity contribution in [3.63, 3.8) is 0 Å². The maximum atomic E-state index is 12.4. The summed E-state index contributed by atoms with van der Waals surface area (Å²) in [5, 5.41) is 4.49. The Morgan fingerprint density at radius 3 is 2.64 bits per heavy atom. The molecule has 0 saturated heterocycles. The maximum Gasteiger partial charge on any atom is 0.273 e. The largest absolute Gasteiger partial charge is 0.495 e. The third-order valence-electron chi connectivity index (χ3n) is 3.59. The zero-order valence-electron chi connectivity index (χ0n) is 13.5. The van der Waals surface area contributed by atoms with Crippen LogP contribution in [0.2, 0.25) is 5.02 Å². The molecule has 0 aliphatic carbocycles. The van der Waals surface area contributed by atoms with Crippen molar-refractivity contribution >= 4 is 23.7 Å². The molecule has 25 heavy (non-hydrogen) atoms. The number of ether oxygens (including phenoxy) is 1. The molecular formula is C19H16ClN3O2. The van der Waals surface area contributed by atoms with Crippen molar-refractivity contribution in [2.45, 2.75) is 0 Å². The summed E-state index contributed by atoms with van der Waals surface area (Å²) >= 11 is 6.07. The standard InChI is InChI=1S/C19H16ClN3O2/c1-25-18-9-8-14(12-16(18)20)13-21-22-19(24)15-6-2-3-7-17(15)23-10-4-5-11-23/h2-13H,1H3,(H,22,24)/b21-13+. The molecule has 2 aromatic carbocycles.